The lowest BCUT2D eigenvalue weighted by Crippen LogP contribution is -2.40. The van der Waals surface area contributed by atoms with E-state index in [4.69, 9.17) is 5.73 Å². The zero-order valence-electron chi connectivity index (χ0n) is 14.9. The van der Waals surface area contributed by atoms with E-state index in [2.05, 4.69) is 29.8 Å². The molecule has 140 valence electrons. The van der Waals surface area contributed by atoms with Crippen LogP contribution in [0.5, 0.6) is 0 Å². The molecule has 1 aliphatic rings. The van der Waals surface area contributed by atoms with Crippen LogP contribution in [0.2, 0.25) is 0 Å². The van der Waals surface area contributed by atoms with Gasteiger partial charge in [-0.1, -0.05) is 26.0 Å². The van der Waals surface area contributed by atoms with Crippen molar-refractivity contribution in [2.24, 2.45) is 17.6 Å². The molecule has 25 heavy (non-hydrogen) atoms. The van der Waals surface area contributed by atoms with E-state index in [-0.39, 0.29) is 30.3 Å². The number of rotatable bonds is 6. The number of anilines is 1. The molecule has 2 N–H and O–H groups in total. The highest BCUT2D eigenvalue weighted by molar-refractivity contribution is 9.10. The summed E-state index contributed by atoms with van der Waals surface area (Å²) in [7, 11) is 1.75. The Morgan fingerprint density at radius 1 is 1.40 bits per heavy atom. The quantitative estimate of drug-likeness (QED) is 0.703. The van der Waals surface area contributed by atoms with Crippen LogP contribution in [0.15, 0.2) is 28.7 Å². The number of para-hydroxylation sites is 1. The van der Waals surface area contributed by atoms with Crippen molar-refractivity contribution in [3.63, 3.8) is 0 Å². The molecule has 1 fully saturated rings. The minimum atomic E-state index is -0.586. The van der Waals surface area contributed by atoms with E-state index in [0.717, 1.165) is 16.6 Å². The normalized spacial score (nSPS) is 18.2. The average Bonchev–Trinajstić information content (AvgIpc) is 2.93. The van der Waals surface area contributed by atoms with Crippen molar-refractivity contribution in [2.75, 3.05) is 25.0 Å². The zero-order chi connectivity index (χ0) is 17.9. The molecule has 2 unspecified atom stereocenters. The van der Waals surface area contributed by atoms with Gasteiger partial charge in [0.25, 0.3) is 0 Å². The van der Waals surface area contributed by atoms with E-state index >= 15 is 0 Å². The minimum absolute atomic E-state index is 0. The fourth-order valence-electron chi connectivity index (χ4n) is 2.87. The third-order valence-electron chi connectivity index (χ3n) is 4.68. The molecule has 1 aromatic rings. The molecule has 7 heteroatoms. The van der Waals surface area contributed by atoms with Crippen molar-refractivity contribution in [1.29, 1.82) is 0 Å². The predicted octanol–water partition coefficient (Wildman–Crippen LogP) is 3.06. The number of halogens is 2. The Hall–Kier alpha value is -1.11. The second-order valence-corrected chi connectivity index (χ2v) is 7.59. The first-order valence-electron chi connectivity index (χ1n) is 8.39. The molecule has 5 nitrogen and oxygen atoms in total. The number of carbonyl (C=O) groups is 2. The Morgan fingerprint density at radius 2 is 2.04 bits per heavy atom. The van der Waals surface area contributed by atoms with E-state index in [1.54, 1.807) is 16.8 Å². The zero-order valence-corrected chi connectivity index (χ0v) is 17.3. The van der Waals surface area contributed by atoms with Crippen LogP contribution >= 0.6 is 28.3 Å². The lowest BCUT2D eigenvalue weighted by atomic mass is 10.0. The maximum absolute atomic E-state index is 12.7. The van der Waals surface area contributed by atoms with Gasteiger partial charge in [-0.15, -0.1) is 12.4 Å². The van der Waals surface area contributed by atoms with Crippen LogP contribution in [-0.4, -0.2) is 42.9 Å². The van der Waals surface area contributed by atoms with Gasteiger partial charge in [0.05, 0.1) is 5.69 Å². The Morgan fingerprint density at radius 3 is 2.64 bits per heavy atom. The maximum Gasteiger partial charge on any atom is 0.239 e. The molecular formula is C18H27BrClN3O2. The first-order chi connectivity index (χ1) is 11.3. The average molecular weight is 433 g/mol. The number of carbonyl (C=O) groups excluding carboxylic acids is 2. The van der Waals surface area contributed by atoms with Crippen LogP contribution in [0.25, 0.3) is 0 Å². The Balaban J connectivity index is 0.00000312. The Kier molecular flexibility index (Phi) is 8.38. The van der Waals surface area contributed by atoms with Crippen molar-refractivity contribution in [3.05, 3.63) is 28.7 Å². The molecule has 0 bridgehead atoms. The van der Waals surface area contributed by atoms with Gasteiger partial charge in [0, 0.05) is 30.7 Å². The topological polar surface area (TPSA) is 66.6 Å². The lowest BCUT2D eigenvalue weighted by molar-refractivity contribution is -0.138. The van der Waals surface area contributed by atoms with Crippen LogP contribution in [0, 0.1) is 11.8 Å². The van der Waals surface area contributed by atoms with Gasteiger partial charge >= 0.3 is 0 Å². The molecule has 2 amide bonds. The van der Waals surface area contributed by atoms with Crippen molar-refractivity contribution in [2.45, 2.75) is 32.7 Å². The van der Waals surface area contributed by atoms with Crippen molar-refractivity contribution >= 4 is 45.8 Å². The van der Waals surface area contributed by atoms with Crippen LogP contribution in [0.1, 0.15) is 26.7 Å². The lowest BCUT2D eigenvalue weighted by Gasteiger charge is -2.24. The van der Waals surface area contributed by atoms with E-state index in [0.29, 0.717) is 25.4 Å². The molecule has 0 spiro atoms. The highest BCUT2D eigenvalue weighted by Gasteiger charge is 2.39. The molecule has 0 saturated carbocycles. The van der Waals surface area contributed by atoms with Gasteiger partial charge in [-0.2, -0.15) is 0 Å². The molecule has 2 rings (SSSR count). The summed E-state index contributed by atoms with van der Waals surface area (Å²) < 4.78 is 0.864. The first kappa shape index (κ1) is 21.9. The van der Waals surface area contributed by atoms with E-state index in [9.17, 15) is 9.59 Å². The number of hydrogen-bond donors (Lipinski definition) is 1. The summed E-state index contributed by atoms with van der Waals surface area (Å²) >= 11 is 3.47. The third kappa shape index (κ3) is 5.19. The van der Waals surface area contributed by atoms with Gasteiger partial charge in [0.15, 0.2) is 0 Å². The molecule has 1 saturated heterocycles. The summed E-state index contributed by atoms with van der Waals surface area (Å²) in [6.07, 6.45) is 1.30. The monoisotopic (exact) mass is 431 g/mol. The van der Waals surface area contributed by atoms with Crippen LogP contribution < -0.4 is 10.6 Å². The van der Waals surface area contributed by atoms with Gasteiger partial charge in [-0.3, -0.25) is 9.59 Å². The van der Waals surface area contributed by atoms with Gasteiger partial charge in [-0.05, 0) is 46.8 Å². The molecule has 0 aromatic heterocycles. The molecular weight excluding hydrogens is 406 g/mol. The SMILES string of the molecule is CC(C)C(N)CCN(C)C(=O)C1CCN(c2ccccc2Br)C1=O.Cl. The van der Waals surface area contributed by atoms with Gasteiger partial charge in [-0.25, -0.2) is 0 Å². The van der Waals surface area contributed by atoms with Gasteiger partial charge in [0.2, 0.25) is 11.8 Å². The van der Waals surface area contributed by atoms with Crippen molar-refractivity contribution in [1.82, 2.24) is 4.90 Å². The predicted molar refractivity (Wildman–Crippen MR) is 107 cm³/mol. The molecule has 0 aliphatic carbocycles. The van der Waals surface area contributed by atoms with E-state index < -0.39 is 5.92 Å². The maximum atomic E-state index is 12.7. The second-order valence-electron chi connectivity index (χ2n) is 6.74. The molecule has 0 radical (unpaired) electrons. The van der Waals surface area contributed by atoms with E-state index in [1.165, 1.54) is 0 Å². The number of benzene rings is 1. The van der Waals surface area contributed by atoms with Crippen LogP contribution in [0.3, 0.4) is 0 Å². The molecule has 1 heterocycles. The summed E-state index contributed by atoms with van der Waals surface area (Å²) in [4.78, 5) is 28.7. The standard InChI is InChI=1S/C18H26BrN3O2.ClH/c1-12(2)15(20)9-10-21(3)17(23)13-8-11-22(18(13)24)16-7-5-4-6-14(16)19;/h4-7,12-13,15H,8-11,20H2,1-3H3;1H. The van der Waals surface area contributed by atoms with Crippen LogP contribution in [-0.2, 0) is 9.59 Å². The second kappa shape index (κ2) is 9.55. The highest BCUT2D eigenvalue weighted by atomic mass is 79.9. The summed E-state index contributed by atoms with van der Waals surface area (Å²) in [5.74, 6) is -0.428. The Labute approximate surface area is 164 Å². The van der Waals surface area contributed by atoms with Gasteiger partial charge in [0.1, 0.15) is 5.92 Å². The largest absolute Gasteiger partial charge is 0.345 e. The Bertz CT molecular complexity index is 612. The molecule has 1 aliphatic heterocycles. The number of hydrogen-bond acceptors (Lipinski definition) is 3. The van der Waals surface area contributed by atoms with Crippen molar-refractivity contribution < 1.29 is 9.59 Å². The summed E-state index contributed by atoms with van der Waals surface area (Å²) in [5, 5.41) is 0. The molecule has 2 atom stereocenters. The summed E-state index contributed by atoms with van der Waals surface area (Å²) in [6, 6.07) is 7.65. The number of nitrogens with two attached hydrogens (primary N) is 1. The number of amides is 2. The molecule has 1 aromatic carbocycles. The van der Waals surface area contributed by atoms with Crippen molar-refractivity contribution in [3.8, 4) is 0 Å². The summed E-state index contributed by atoms with van der Waals surface area (Å²) in [6.45, 7) is 5.29. The smallest absolute Gasteiger partial charge is 0.239 e. The third-order valence-corrected chi connectivity index (χ3v) is 5.35. The minimum Gasteiger partial charge on any atom is -0.345 e. The fourth-order valence-corrected chi connectivity index (χ4v) is 3.37. The van der Waals surface area contributed by atoms with E-state index in [1.807, 2.05) is 24.3 Å². The highest BCUT2D eigenvalue weighted by Crippen LogP contribution is 2.31. The van der Waals surface area contributed by atoms with Crippen LogP contribution in [0.4, 0.5) is 5.69 Å². The fraction of sp³-hybridized carbons (Fsp3) is 0.556. The van der Waals surface area contributed by atoms with Gasteiger partial charge < -0.3 is 15.5 Å². The summed E-state index contributed by atoms with van der Waals surface area (Å²) in [5.41, 5.74) is 6.86. The number of nitrogens with zero attached hydrogens (tertiary/aromatic N) is 2. The first-order valence-corrected chi connectivity index (χ1v) is 9.18.